The van der Waals surface area contributed by atoms with Crippen LogP contribution in [0.2, 0.25) is 5.02 Å². The second kappa shape index (κ2) is 9.23. The number of H-pyrrole nitrogens is 1. The Morgan fingerprint density at radius 1 is 1.04 bits per heavy atom. The summed E-state index contributed by atoms with van der Waals surface area (Å²) in [5, 5.41) is 5.97. The van der Waals surface area contributed by atoms with Crippen molar-refractivity contribution in [1.29, 1.82) is 0 Å². The molecule has 0 spiro atoms. The van der Waals surface area contributed by atoms with Gasteiger partial charge in [0.15, 0.2) is 0 Å². The van der Waals surface area contributed by atoms with E-state index in [0.717, 1.165) is 0 Å². The van der Waals surface area contributed by atoms with E-state index >= 15 is 0 Å². The van der Waals surface area contributed by atoms with Crippen LogP contribution in [-0.4, -0.2) is 42.5 Å². The monoisotopic (exact) mass is 391 g/mol. The zero-order chi connectivity index (χ0) is 20.0. The summed E-state index contributed by atoms with van der Waals surface area (Å²) < 4.78 is 5.01. The number of carbonyl (C=O) groups excluding carboxylic acids is 3. The van der Waals surface area contributed by atoms with Crippen molar-refractivity contribution >= 4 is 29.4 Å². The molecule has 27 heavy (non-hydrogen) atoms. The fraction of sp³-hybridized carbons (Fsp3) is 0.316. The molecule has 3 N–H and O–H groups in total. The molecule has 0 saturated carbocycles. The number of rotatable bonds is 7. The highest BCUT2D eigenvalue weighted by molar-refractivity contribution is 6.30. The van der Waals surface area contributed by atoms with Crippen molar-refractivity contribution in [2.24, 2.45) is 0 Å². The summed E-state index contributed by atoms with van der Waals surface area (Å²) in [4.78, 5) is 39.2. The number of aromatic amines is 1. The van der Waals surface area contributed by atoms with Crippen LogP contribution in [0, 0.1) is 13.8 Å². The van der Waals surface area contributed by atoms with Crippen molar-refractivity contribution in [1.82, 2.24) is 15.6 Å². The predicted molar refractivity (Wildman–Crippen MR) is 102 cm³/mol. The molecule has 1 aromatic carbocycles. The minimum atomic E-state index is -0.460. The van der Waals surface area contributed by atoms with Crippen LogP contribution in [0.1, 0.15) is 49.4 Å². The number of hydrogen-bond donors (Lipinski definition) is 3. The van der Waals surface area contributed by atoms with Gasteiger partial charge in [-0.3, -0.25) is 9.59 Å². The van der Waals surface area contributed by atoms with Gasteiger partial charge in [-0.15, -0.1) is 0 Å². The highest BCUT2D eigenvalue weighted by atomic mass is 35.5. The Hall–Kier alpha value is -2.80. The maximum atomic E-state index is 12.3. The molecule has 1 heterocycles. The Labute approximate surface area is 162 Å². The molecule has 144 valence electrons. The Morgan fingerprint density at radius 2 is 1.63 bits per heavy atom. The lowest BCUT2D eigenvalue weighted by molar-refractivity contribution is 0.0524. The zero-order valence-electron chi connectivity index (χ0n) is 15.4. The van der Waals surface area contributed by atoms with Crippen molar-refractivity contribution in [3.63, 3.8) is 0 Å². The lowest BCUT2D eigenvalue weighted by Crippen LogP contribution is -2.35. The molecule has 0 unspecified atom stereocenters. The zero-order valence-corrected chi connectivity index (χ0v) is 16.2. The normalized spacial score (nSPS) is 10.4. The highest BCUT2D eigenvalue weighted by Gasteiger charge is 2.22. The first-order chi connectivity index (χ1) is 12.8. The molecule has 0 aliphatic rings. The molecule has 0 atom stereocenters. The molecule has 2 rings (SSSR count). The first kappa shape index (κ1) is 20.5. The van der Waals surface area contributed by atoms with E-state index in [1.807, 2.05) is 0 Å². The SMILES string of the molecule is CCOC(=O)c1c(C)[nH]c(C(=O)NCCNC(=O)c2ccc(Cl)cc2)c1C. The summed E-state index contributed by atoms with van der Waals surface area (Å²) in [7, 11) is 0. The summed E-state index contributed by atoms with van der Waals surface area (Å²) in [5.41, 5.74) is 2.28. The number of benzene rings is 1. The van der Waals surface area contributed by atoms with Crippen molar-refractivity contribution in [2.45, 2.75) is 20.8 Å². The lowest BCUT2D eigenvalue weighted by atomic mass is 10.1. The topological polar surface area (TPSA) is 100 Å². The average molecular weight is 392 g/mol. The third-order valence-electron chi connectivity index (χ3n) is 3.95. The van der Waals surface area contributed by atoms with Gasteiger partial charge in [-0.05, 0) is 50.6 Å². The molecule has 0 aliphatic carbocycles. The van der Waals surface area contributed by atoms with Crippen LogP contribution in [0.4, 0.5) is 0 Å². The van der Waals surface area contributed by atoms with Crippen LogP contribution < -0.4 is 10.6 Å². The number of esters is 1. The molecular formula is C19H22ClN3O4. The first-order valence-corrected chi connectivity index (χ1v) is 8.91. The quantitative estimate of drug-likeness (QED) is 0.499. The third-order valence-corrected chi connectivity index (χ3v) is 4.20. The van der Waals surface area contributed by atoms with Crippen molar-refractivity contribution in [3.05, 3.63) is 57.4 Å². The van der Waals surface area contributed by atoms with E-state index in [1.165, 1.54) is 0 Å². The van der Waals surface area contributed by atoms with Crippen molar-refractivity contribution in [3.8, 4) is 0 Å². The Kier molecular flexibility index (Phi) is 7.01. The number of amides is 2. The van der Waals surface area contributed by atoms with E-state index in [-0.39, 0.29) is 31.5 Å². The summed E-state index contributed by atoms with van der Waals surface area (Å²) in [5.74, 6) is -1.07. The van der Waals surface area contributed by atoms with E-state index in [9.17, 15) is 14.4 Å². The molecular weight excluding hydrogens is 370 g/mol. The van der Waals surface area contributed by atoms with Gasteiger partial charge in [0.1, 0.15) is 5.69 Å². The fourth-order valence-corrected chi connectivity index (χ4v) is 2.76. The Morgan fingerprint density at radius 3 is 2.22 bits per heavy atom. The lowest BCUT2D eigenvalue weighted by Gasteiger charge is -2.07. The van der Waals surface area contributed by atoms with Gasteiger partial charge < -0.3 is 20.4 Å². The van der Waals surface area contributed by atoms with Crippen LogP contribution in [-0.2, 0) is 4.74 Å². The van der Waals surface area contributed by atoms with E-state index in [4.69, 9.17) is 16.3 Å². The van der Waals surface area contributed by atoms with Crippen LogP contribution in [0.25, 0.3) is 0 Å². The van der Waals surface area contributed by atoms with Gasteiger partial charge >= 0.3 is 5.97 Å². The molecule has 0 bridgehead atoms. The van der Waals surface area contributed by atoms with Gasteiger partial charge in [0.25, 0.3) is 11.8 Å². The molecule has 8 heteroatoms. The average Bonchev–Trinajstić information content (AvgIpc) is 2.93. The summed E-state index contributed by atoms with van der Waals surface area (Å²) in [6.45, 7) is 5.88. The molecule has 0 fully saturated rings. The van der Waals surface area contributed by atoms with Crippen LogP contribution in [0.3, 0.4) is 0 Å². The first-order valence-electron chi connectivity index (χ1n) is 8.53. The van der Waals surface area contributed by atoms with Crippen LogP contribution >= 0.6 is 11.6 Å². The summed E-state index contributed by atoms with van der Waals surface area (Å²) in [6.07, 6.45) is 0. The van der Waals surface area contributed by atoms with Gasteiger partial charge in [0.05, 0.1) is 12.2 Å². The molecule has 2 amide bonds. The van der Waals surface area contributed by atoms with Gasteiger partial charge in [-0.1, -0.05) is 11.6 Å². The minimum absolute atomic E-state index is 0.240. The largest absolute Gasteiger partial charge is 0.462 e. The smallest absolute Gasteiger partial charge is 0.340 e. The van der Waals surface area contributed by atoms with Crippen molar-refractivity contribution in [2.75, 3.05) is 19.7 Å². The third kappa shape index (κ3) is 5.10. The number of ether oxygens (including phenoxy) is 1. The Balaban J connectivity index is 1.89. The summed E-state index contributed by atoms with van der Waals surface area (Å²) in [6, 6.07) is 6.52. The van der Waals surface area contributed by atoms with E-state index < -0.39 is 5.97 Å². The molecule has 7 nitrogen and oxygen atoms in total. The minimum Gasteiger partial charge on any atom is -0.462 e. The van der Waals surface area contributed by atoms with Gasteiger partial charge in [0, 0.05) is 29.4 Å². The fourth-order valence-electron chi connectivity index (χ4n) is 2.63. The number of halogens is 1. The number of hydrogen-bond acceptors (Lipinski definition) is 4. The standard InChI is InChI=1S/C19H22ClN3O4/c1-4-27-19(26)15-11(2)16(23-12(15)3)18(25)22-10-9-21-17(24)13-5-7-14(20)8-6-13/h5-8,23H,4,9-10H2,1-3H3,(H,21,24)(H,22,25). The molecule has 0 aliphatic heterocycles. The van der Waals surface area contributed by atoms with Gasteiger partial charge in [0.2, 0.25) is 0 Å². The van der Waals surface area contributed by atoms with E-state index in [0.29, 0.717) is 33.1 Å². The second-order valence-electron chi connectivity index (χ2n) is 5.86. The number of aryl methyl sites for hydroxylation is 1. The summed E-state index contributed by atoms with van der Waals surface area (Å²) >= 11 is 5.79. The van der Waals surface area contributed by atoms with Gasteiger partial charge in [-0.25, -0.2) is 4.79 Å². The predicted octanol–water partition coefficient (Wildman–Crippen LogP) is 2.62. The second-order valence-corrected chi connectivity index (χ2v) is 6.30. The van der Waals surface area contributed by atoms with Crippen LogP contribution in [0.5, 0.6) is 0 Å². The number of nitrogens with one attached hydrogen (secondary N) is 3. The van der Waals surface area contributed by atoms with Crippen molar-refractivity contribution < 1.29 is 19.1 Å². The molecule has 1 aromatic heterocycles. The molecule has 2 aromatic rings. The van der Waals surface area contributed by atoms with Gasteiger partial charge in [-0.2, -0.15) is 0 Å². The molecule has 0 saturated heterocycles. The highest BCUT2D eigenvalue weighted by Crippen LogP contribution is 2.19. The van der Waals surface area contributed by atoms with E-state index in [1.54, 1.807) is 45.0 Å². The number of aromatic nitrogens is 1. The maximum Gasteiger partial charge on any atom is 0.340 e. The Bertz CT molecular complexity index is 843. The van der Waals surface area contributed by atoms with Crippen LogP contribution in [0.15, 0.2) is 24.3 Å². The molecule has 0 radical (unpaired) electrons. The number of carbonyl (C=O) groups is 3. The van der Waals surface area contributed by atoms with E-state index in [2.05, 4.69) is 15.6 Å². The maximum absolute atomic E-state index is 12.3.